The standard InChI is InChI=1S/C26H38N4O6/c1-25(2,3)34-23(31)21(36-27)16-33-19-8-9-20-18(12-19)10-11-29(7)22(20)28-13-17-14-30(15-17)24(32)35-26(4,5)6/h8-12,17,21H,13-16,27H2,1-7H3/p+1. The van der Waals surface area contributed by atoms with Crippen molar-refractivity contribution in [1.29, 1.82) is 0 Å². The Balaban J connectivity index is 1.60. The highest BCUT2D eigenvalue weighted by molar-refractivity contribution is 5.91. The largest absolute Gasteiger partial charge is 0.490 e. The molecule has 1 aromatic carbocycles. The van der Waals surface area contributed by atoms with Crippen LogP contribution >= 0.6 is 0 Å². The average Bonchev–Trinajstić information content (AvgIpc) is 2.71. The second-order valence-corrected chi connectivity index (χ2v) is 11.1. The third kappa shape index (κ3) is 7.44. The van der Waals surface area contributed by atoms with E-state index in [4.69, 9.17) is 24.9 Å². The van der Waals surface area contributed by atoms with E-state index in [2.05, 4.69) is 5.32 Å². The fourth-order valence-electron chi connectivity index (χ4n) is 3.78. The maximum atomic E-state index is 12.2. The molecule has 0 aliphatic carbocycles. The zero-order valence-corrected chi connectivity index (χ0v) is 22.3. The van der Waals surface area contributed by atoms with Gasteiger partial charge in [0.25, 0.3) is 5.82 Å². The predicted octanol–water partition coefficient (Wildman–Crippen LogP) is 2.92. The van der Waals surface area contributed by atoms with Crippen LogP contribution in [0.1, 0.15) is 41.5 Å². The number of anilines is 1. The van der Waals surface area contributed by atoms with Crippen molar-refractivity contribution in [2.24, 2.45) is 18.9 Å². The molecule has 10 nitrogen and oxygen atoms in total. The van der Waals surface area contributed by atoms with E-state index in [1.54, 1.807) is 25.7 Å². The molecular weight excluding hydrogens is 464 g/mol. The van der Waals surface area contributed by atoms with Crippen molar-refractivity contribution in [3.63, 3.8) is 0 Å². The Hall–Kier alpha value is -3.11. The van der Waals surface area contributed by atoms with Crippen LogP contribution in [0.15, 0.2) is 30.5 Å². The van der Waals surface area contributed by atoms with E-state index < -0.39 is 23.3 Å². The topological polar surface area (TPSA) is 116 Å². The van der Waals surface area contributed by atoms with Gasteiger partial charge in [-0.15, -0.1) is 0 Å². The minimum atomic E-state index is -1.03. The molecule has 2 heterocycles. The third-order valence-corrected chi connectivity index (χ3v) is 5.51. The SMILES string of the molecule is C[n+]1ccc2cc(OCC(ON)C(=O)OC(C)(C)C)ccc2c1NCC1CN(C(=O)OC(C)(C)C)C1. The number of hydrogen-bond donors (Lipinski definition) is 2. The molecule has 1 saturated heterocycles. The average molecular weight is 504 g/mol. The summed E-state index contributed by atoms with van der Waals surface area (Å²) in [7, 11) is 1.98. The summed E-state index contributed by atoms with van der Waals surface area (Å²) in [6.07, 6.45) is 0.665. The Labute approximate surface area is 212 Å². The number of amides is 1. The summed E-state index contributed by atoms with van der Waals surface area (Å²) in [5.41, 5.74) is -1.14. The van der Waals surface area contributed by atoms with Crippen molar-refractivity contribution in [3.05, 3.63) is 30.5 Å². The summed E-state index contributed by atoms with van der Waals surface area (Å²) >= 11 is 0. The number of benzene rings is 1. The van der Waals surface area contributed by atoms with Crippen LogP contribution in [-0.2, 0) is 26.2 Å². The number of nitrogens with zero attached hydrogens (tertiary/aromatic N) is 2. The van der Waals surface area contributed by atoms with Crippen LogP contribution in [0, 0.1) is 5.92 Å². The maximum absolute atomic E-state index is 12.2. The maximum Gasteiger partial charge on any atom is 0.410 e. The summed E-state index contributed by atoms with van der Waals surface area (Å²) in [6, 6.07) is 7.69. The molecule has 0 spiro atoms. The fraction of sp³-hybridized carbons (Fsp3) is 0.577. The number of esters is 1. The molecule has 36 heavy (non-hydrogen) atoms. The van der Waals surface area contributed by atoms with Gasteiger partial charge in [0, 0.05) is 19.0 Å². The normalized spacial score (nSPS) is 15.3. The summed E-state index contributed by atoms with van der Waals surface area (Å²) in [4.78, 5) is 30.9. The number of aryl methyl sites for hydroxylation is 1. The van der Waals surface area contributed by atoms with E-state index in [9.17, 15) is 9.59 Å². The molecule has 1 atom stereocenters. The van der Waals surface area contributed by atoms with E-state index in [0.29, 0.717) is 24.8 Å². The number of hydrogen-bond acceptors (Lipinski definition) is 8. The van der Waals surface area contributed by atoms with Gasteiger partial charge >= 0.3 is 12.1 Å². The smallest absolute Gasteiger partial charge is 0.410 e. The quantitative estimate of drug-likeness (QED) is 0.321. The van der Waals surface area contributed by atoms with Crippen molar-refractivity contribution in [1.82, 2.24) is 4.90 Å². The molecule has 1 unspecified atom stereocenters. The lowest BCUT2D eigenvalue weighted by Crippen LogP contribution is -2.54. The first-order valence-electron chi connectivity index (χ1n) is 12.1. The van der Waals surface area contributed by atoms with Gasteiger partial charge in [-0.05, 0) is 71.2 Å². The Kier molecular flexibility index (Phi) is 8.30. The van der Waals surface area contributed by atoms with Crippen molar-refractivity contribution in [2.45, 2.75) is 58.8 Å². The van der Waals surface area contributed by atoms with Crippen LogP contribution in [-0.4, -0.2) is 60.5 Å². The van der Waals surface area contributed by atoms with E-state index in [1.807, 2.05) is 62.8 Å². The van der Waals surface area contributed by atoms with Crippen molar-refractivity contribution in [2.75, 3.05) is 31.6 Å². The molecule has 3 N–H and O–H groups in total. The van der Waals surface area contributed by atoms with Gasteiger partial charge in [0.2, 0.25) is 6.10 Å². The van der Waals surface area contributed by atoms with Gasteiger partial charge < -0.3 is 19.1 Å². The minimum Gasteiger partial charge on any atom is -0.490 e. The summed E-state index contributed by atoms with van der Waals surface area (Å²) in [5.74, 6) is 6.60. The molecule has 1 aliphatic heterocycles. The molecule has 0 saturated carbocycles. The highest BCUT2D eigenvalue weighted by Crippen LogP contribution is 2.26. The zero-order valence-electron chi connectivity index (χ0n) is 22.3. The number of pyridine rings is 1. The second kappa shape index (κ2) is 10.9. The molecular formula is C26H39N4O6+. The molecule has 10 heteroatoms. The van der Waals surface area contributed by atoms with Crippen molar-refractivity contribution >= 4 is 28.7 Å². The highest BCUT2D eigenvalue weighted by atomic mass is 16.7. The fourth-order valence-corrected chi connectivity index (χ4v) is 3.78. The Morgan fingerprint density at radius 3 is 2.39 bits per heavy atom. The third-order valence-electron chi connectivity index (χ3n) is 5.51. The van der Waals surface area contributed by atoms with Gasteiger partial charge in [-0.25, -0.2) is 20.1 Å². The molecule has 0 bridgehead atoms. The summed E-state index contributed by atoms with van der Waals surface area (Å²) in [6.45, 7) is 12.9. The number of carbonyl (C=O) groups excluding carboxylic acids is 2. The van der Waals surface area contributed by atoms with Crippen LogP contribution < -0.4 is 20.5 Å². The van der Waals surface area contributed by atoms with Gasteiger partial charge in [-0.1, -0.05) is 0 Å². The number of likely N-dealkylation sites (tertiary alicyclic amines) is 1. The number of nitrogens with one attached hydrogen (secondary N) is 1. The summed E-state index contributed by atoms with van der Waals surface area (Å²) < 4.78 is 18.5. The molecule has 2 aromatic rings. The van der Waals surface area contributed by atoms with Crippen LogP contribution in [0.25, 0.3) is 10.8 Å². The van der Waals surface area contributed by atoms with E-state index in [0.717, 1.165) is 23.1 Å². The van der Waals surface area contributed by atoms with Crippen LogP contribution in [0.5, 0.6) is 5.75 Å². The van der Waals surface area contributed by atoms with Crippen LogP contribution in [0.4, 0.5) is 10.6 Å². The number of carbonyl (C=O) groups is 2. The van der Waals surface area contributed by atoms with E-state index >= 15 is 0 Å². The first-order valence-corrected chi connectivity index (χ1v) is 12.1. The number of nitrogens with two attached hydrogens (primary N) is 1. The molecule has 198 valence electrons. The minimum absolute atomic E-state index is 0.0710. The Morgan fingerprint density at radius 1 is 1.11 bits per heavy atom. The van der Waals surface area contributed by atoms with Crippen LogP contribution in [0.3, 0.4) is 0 Å². The Morgan fingerprint density at radius 2 is 1.78 bits per heavy atom. The van der Waals surface area contributed by atoms with Gasteiger partial charge in [0.15, 0.2) is 0 Å². The number of ether oxygens (including phenoxy) is 3. The lowest BCUT2D eigenvalue weighted by molar-refractivity contribution is -0.656. The van der Waals surface area contributed by atoms with Gasteiger partial charge in [0.05, 0.1) is 25.2 Å². The monoisotopic (exact) mass is 503 g/mol. The zero-order chi connectivity index (χ0) is 26.7. The van der Waals surface area contributed by atoms with Gasteiger partial charge in [-0.2, -0.15) is 0 Å². The summed E-state index contributed by atoms with van der Waals surface area (Å²) in [5, 5.41) is 5.52. The van der Waals surface area contributed by atoms with Crippen LogP contribution in [0.2, 0.25) is 0 Å². The molecule has 0 radical (unpaired) electrons. The first-order chi connectivity index (χ1) is 16.8. The first kappa shape index (κ1) is 27.5. The lowest BCUT2D eigenvalue weighted by atomic mass is 10.0. The highest BCUT2D eigenvalue weighted by Gasteiger charge is 2.35. The molecule has 1 fully saturated rings. The van der Waals surface area contributed by atoms with Gasteiger partial charge in [0.1, 0.15) is 23.6 Å². The predicted molar refractivity (Wildman–Crippen MR) is 135 cm³/mol. The number of rotatable bonds is 8. The van der Waals surface area contributed by atoms with Gasteiger partial charge in [-0.3, -0.25) is 10.2 Å². The van der Waals surface area contributed by atoms with Crippen molar-refractivity contribution in [3.8, 4) is 5.75 Å². The van der Waals surface area contributed by atoms with E-state index in [-0.39, 0.29) is 12.7 Å². The Bertz CT molecular complexity index is 1090. The number of aromatic nitrogens is 1. The lowest BCUT2D eigenvalue weighted by Gasteiger charge is -2.38. The number of fused-ring (bicyclic) bond motifs is 1. The molecule has 1 amide bonds. The second-order valence-electron chi connectivity index (χ2n) is 11.1. The molecule has 1 aromatic heterocycles. The van der Waals surface area contributed by atoms with E-state index in [1.165, 1.54) is 0 Å². The van der Waals surface area contributed by atoms with Crippen molar-refractivity contribution < 1.29 is 33.2 Å². The molecule has 1 aliphatic rings. The molecule has 3 rings (SSSR count).